The third-order valence-electron chi connectivity index (χ3n) is 4.34. The lowest BCUT2D eigenvalue weighted by Crippen LogP contribution is -2.40. The van der Waals surface area contributed by atoms with E-state index < -0.39 is 5.60 Å². The van der Waals surface area contributed by atoms with Crippen LogP contribution in [-0.2, 0) is 11.2 Å². The first kappa shape index (κ1) is 17.6. The van der Waals surface area contributed by atoms with E-state index in [2.05, 4.69) is 5.32 Å². The van der Waals surface area contributed by atoms with Crippen LogP contribution in [0.15, 0.2) is 24.3 Å². The number of benzene rings is 1. The number of methoxy groups -OCH3 is 1. The van der Waals surface area contributed by atoms with Crippen molar-refractivity contribution in [1.82, 2.24) is 5.32 Å². The maximum Gasteiger partial charge on any atom is 0.407 e. The summed E-state index contributed by atoms with van der Waals surface area (Å²) in [4.78, 5) is 12.2. The van der Waals surface area contributed by atoms with Gasteiger partial charge in [0.2, 0.25) is 0 Å². The number of alkyl carbamates (subject to hydrolysis) is 1. The minimum absolute atomic E-state index is 0.266. The Labute approximate surface area is 139 Å². The van der Waals surface area contributed by atoms with Crippen LogP contribution in [0.5, 0.6) is 5.75 Å². The van der Waals surface area contributed by atoms with Crippen molar-refractivity contribution in [3.63, 3.8) is 0 Å². The molecule has 1 aromatic carbocycles. The molecule has 0 aromatic heterocycles. The van der Waals surface area contributed by atoms with Crippen LogP contribution < -0.4 is 10.1 Å². The molecule has 1 aromatic rings. The minimum Gasteiger partial charge on any atom is -0.497 e. The van der Waals surface area contributed by atoms with E-state index in [9.17, 15) is 4.79 Å². The predicted molar refractivity (Wildman–Crippen MR) is 91.9 cm³/mol. The summed E-state index contributed by atoms with van der Waals surface area (Å²) in [6, 6.07) is 8.13. The lowest BCUT2D eigenvalue weighted by molar-refractivity contribution is 0.0369. The number of carbonyl (C=O) groups is 1. The highest BCUT2D eigenvalue weighted by Gasteiger charge is 2.25. The molecule has 0 heterocycles. The summed E-state index contributed by atoms with van der Waals surface area (Å²) in [5.74, 6) is 0.832. The monoisotopic (exact) mass is 319 g/mol. The quantitative estimate of drug-likeness (QED) is 0.815. The lowest BCUT2D eigenvalue weighted by atomic mass is 9.98. The number of hydrogen-bond donors (Lipinski definition) is 1. The van der Waals surface area contributed by atoms with Gasteiger partial charge in [-0.2, -0.15) is 0 Å². The Morgan fingerprint density at radius 2 is 1.74 bits per heavy atom. The van der Waals surface area contributed by atoms with Gasteiger partial charge in [-0.05, 0) is 44.4 Å². The van der Waals surface area contributed by atoms with Crippen LogP contribution in [0.4, 0.5) is 4.79 Å². The van der Waals surface area contributed by atoms with Crippen molar-refractivity contribution >= 4 is 6.09 Å². The van der Waals surface area contributed by atoms with Gasteiger partial charge in [-0.1, -0.05) is 37.8 Å². The van der Waals surface area contributed by atoms with E-state index in [-0.39, 0.29) is 12.1 Å². The van der Waals surface area contributed by atoms with Gasteiger partial charge in [0.1, 0.15) is 11.4 Å². The molecule has 1 aliphatic rings. The highest BCUT2D eigenvalue weighted by atomic mass is 16.6. The number of nitrogens with one attached hydrogen (secondary N) is 1. The molecule has 0 aliphatic heterocycles. The maximum absolute atomic E-state index is 12.2. The molecule has 4 nitrogen and oxygen atoms in total. The molecular weight excluding hydrogens is 290 g/mol. The second-order valence-electron chi connectivity index (χ2n) is 7.01. The van der Waals surface area contributed by atoms with Gasteiger partial charge >= 0.3 is 6.09 Å². The third kappa shape index (κ3) is 6.12. The fourth-order valence-corrected chi connectivity index (χ4v) is 3.14. The second kappa shape index (κ2) is 8.23. The number of hydrogen-bond acceptors (Lipinski definition) is 3. The summed E-state index contributed by atoms with van der Waals surface area (Å²) in [6.07, 6.45) is 7.44. The first-order valence-electron chi connectivity index (χ1n) is 8.61. The van der Waals surface area contributed by atoms with Crippen molar-refractivity contribution in [2.45, 2.75) is 70.4 Å². The fourth-order valence-electron chi connectivity index (χ4n) is 3.14. The topological polar surface area (TPSA) is 47.6 Å². The summed E-state index contributed by atoms with van der Waals surface area (Å²) >= 11 is 0. The van der Waals surface area contributed by atoms with E-state index in [0.29, 0.717) is 6.42 Å². The Kier molecular flexibility index (Phi) is 6.31. The lowest BCUT2D eigenvalue weighted by Gasteiger charge is -2.27. The summed E-state index contributed by atoms with van der Waals surface area (Å²) < 4.78 is 10.8. The van der Waals surface area contributed by atoms with Crippen LogP contribution in [0.2, 0.25) is 0 Å². The van der Waals surface area contributed by atoms with E-state index in [4.69, 9.17) is 9.47 Å². The zero-order valence-corrected chi connectivity index (χ0v) is 14.6. The SMILES string of the molecule is COc1ccc(CC(C)(C)OC(=O)NC2CCCCCC2)cc1. The summed E-state index contributed by atoms with van der Waals surface area (Å²) in [5.41, 5.74) is 0.585. The molecule has 4 heteroatoms. The molecular formula is C19H29NO3. The Morgan fingerprint density at radius 1 is 1.13 bits per heavy atom. The van der Waals surface area contributed by atoms with Crippen molar-refractivity contribution in [3.8, 4) is 5.75 Å². The summed E-state index contributed by atoms with van der Waals surface area (Å²) in [7, 11) is 1.65. The Balaban J connectivity index is 1.84. The van der Waals surface area contributed by atoms with E-state index >= 15 is 0 Å². The highest BCUT2D eigenvalue weighted by Crippen LogP contribution is 2.21. The van der Waals surface area contributed by atoms with Gasteiger partial charge in [0.05, 0.1) is 7.11 Å². The van der Waals surface area contributed by atoms with E-state index in [1.54, 1.807) is 7.11 Å². The molecule has 0 radical (unpaired) electrons. The molecule has 0 spiro atoms. The number of carbonyl (C=O) groups excluding carboxylic acids is 1. The van der Waals surface area contributed by atoms with Crippen molar-refractivity contribution in [2.75, 3.05) is 7.11 Å². The first-order chi connectivity index (χ1) is 11.0. The molecule has 0 bridgehead atoms. The largest absolute Gasteiger partial charge is 0.497 e. The molecule has 1 aliphatic carbocycles. The number of amides is 1. The fraction of sp³-hybridized carbons (Fsp3) is 0.632. The molecule has 1 fully saturated rings. The smallest absolute Gasteiger partial charge is 0.407 e. The number of ether oxygens (including phenoxy) is 2. The molecule has 1 amide bonds. The molecule has 23 heavy (non-hydrogen) atoms. The molecule has 0 atom stereocenters. The second-order valence-corrected chi connectivity index (χ2v) is 7.01. The summed E-state index contributed by atoms with van der Waals surface area (Å²) in [6.45, 7) is 3.90. The first-order valence-corrected chi connectivity index (χ1v) is 8.61. The summed E-state index contributed by atoms with van der Waals surface area (Å²) in [5, 5.41) is 3.04. The predicted octanol–water partition coefficient (Wildman–Crippen LogP) is 4.47. The van der Waals surface area contributed by atoms with Gasteiger partial charge in [-0.3, -0.25) is 0 Å². The zero-order chi connectivity index (χ0) is 16.7. The van der Waals surface area contributed by atoms with Crippen LogP contribution >= 0.6 is 0 Å². The van der Waals surface area contributed by atoms with Crippen molar-refractivity contribution in [2.24, 2.45) is 0 Å². The van der Waals surface area contributed by atoms with Gasteiger partial charge in [-0.25, -0.2) is 4.79 Å². The molecule has 1 N–H and O–H groups in total. The normalized spacial score (nSPS) is 16.5. The Bertz CT molecular complexity index is 488. The highest BCUT2D eigenvalue weighted by molar-refractivity contribution is 5.68. The van der Waals surface area contributed by atoms with Crippen LogP contribution in [0.1, 0.15) is 57.9 Å². The van der Waals surface area contributed by atoms with Gasteiger partial charge in [0.15, 0.2) is 0 Å². The van der Waals surface area contributed by atoms with Crippen molar-refractivity contribution in [3.05, 3.63) is 29.8 Å². The molecule has 0 saturated heterocycles. The number of rotatable bonds is 5. The minimum atomic E-state index is -0.538. The van der Waals surface area contributed by atoms with E-state index in [0.717, 1.165) is 24.2 Å². The van der Waals surface area contributed by atoms with Gasteiger partial charge in [0, 0.05) is 12.5 Å². The van der Waals surface area contributed by atoms with Crippen LogP contribution in [0.25, 0.3) is 0 Å². The molecule has 2 rings (SSSR count). The Hall–Kier alpha value is -1.71. The van der Waals surface area contributed by atoms with E-state index in [1.807, 2.05) is 38.1 Å². The maximum atomic E-state index is 12.2. The standard InChI is InChI=1S/C19H29NO3/c1-19(2,14-15-10-12-17(22-3)13-11-15)23-18(21)20-16-8-6-4-5-7-9-16/h10-13,16H,4-9,14H2,1-3H3,(H,20,21). The van der Waals surface area contributed by atoms with Crippen molar-refractivity contribution < 1.29 is 14.3 Å². The van der Waals surface area contributed by atoms with Gasteiger partial charge in [-0.15, -0.1) is 0 Å². The molecule has 1 saturated carbocycles. The average molecular weight is 319 g/mol. The average Bonchev–Trinajstić information content (AvgIpc) is 2.75. The van der Waals surface area contributed by atoms with Crippen LogP contribution in [0.3, 0.4) is 0 Å². The molecule has 0 unspecified atom stereocenters. The van der Waals surface area contributed by atoms with Crippen LogP contribution in [0, 0.1) is 0 Å². The Morgan fingerprint density at radius 3 is 2.30 bits per heavy atom. The molecule has 128 valence electrons. The van der Waals surface area contributed by atoms with E-state index in [1.165, 1.54) is 25.7 Å². The van der Waals surface area contributed by atoms with Gasteiger partial charge in [0.25, 0.3) is 0 Å². The van der Waals surface area contributed by atoms with Crippen LogP contribution in [-0.4, -0.2) is 24.8 Å². The third-order valence-corrected chi connectivity index (χ3v) is 4.34. The van der Waals surface area contributed by atoms with Crippen molar-refractivity contribution in [1.29, 1.82) is 0 Å². The zero-order valence-electron chi connectivity index (χ0n) is 14.6. The van der Waals surface area contributed by atoms with Gasteiger partial charge < -0.3 is 14.8 Å².